The molecule has 16 heavy (non-hydrogen) atoms. The van der Waals surface area contributed by atoms with Crippen molar-refractivity contribution in [1.82, 2.24) is 5.32 Å². The molecule has 1 atom stereocenters. The molecule has 0 aliphatic heterocycles. The lowest BCUT2D eigenvalue weighted by atomic mass is 9.98. The predicted molar refractivity (Wildman–Crippen MR) is 71.9 cm³/mol. The van der Waals surface area contributed by atoms with Crippen molar-refractivity contribution in [2.75, 3.05) is 20.3 Å². The van der Waals surface area contributed by atoms with Crippen LogP contribution in [0.5, 0.6) is 0 Å². The summed E-state index contributed by atoms with van der Waals surface area (Å²) in [4.78, 5) is 0. The fourth-order valence-electron chi connectivity index (χ4n) is 2.03. The van der Waals surface area contributed by atoms with Crippen molar-refractivity contribution in [2.45, 2.75) is 65.3 Å². The van der Waals surface area contributed by atoms with Crippen molar-refractivity contribution in [3.05, 3.63) is 0 Å². The average Bonchev–Trinajstić information content (AvgIpc) is 2.24. The lowest BCUT2D eigenvalue weighted by Crippen LogP contribution is -2.31. The van der Waals surface area contributed by atoms with Crippen molar-refractivity contribution in [3.63, 3.8) is 0 Å². The highest BCUT2D eigenvalue weighted by Gasteiger charge is 2.09. The van der Waals surface area contributed by atoms with E-state index >= 15 is 0 Å². The number of rotatable bonds is 11. The van der Waals surface area contributed by atoms with E-state index in [1.165, 1.54) is 38.5 Å². The van der Waals surface area contributed by atoms with Crippen molar-refractivity contribution < 1.29 is 4.74 Å². The minimum absolute atomic E-state index is 0.725. The van der Waals surface area contributed by atoms with Gasteiger partial charge in [-0.2, -0.15) is 0 Å². The summed E-state index contributed by atoms with van der Waals surface area (Å²) < 4.78 is 5.06. The van der Waals surface area contributed by atoms with Crippen LogP contribution in [-0.2, 0) is 4.74 Å². The van der Waals surface area contributed by atoms with Gasteiger partial charge < -0.3 is 10.1 Å². The van der Waals surface area contributed by atoms with Gasteiger partial charge in [-0.3, -0.25) is 0 Å². The van der Waals surface area contributed by atoms with Crippen LogP contribution in [0.15, 0.2) is 0 Å². The predicted octanol–water partition coefficient (Wildman–Crippen LogP) is 3.61. The fraction of sp³-hybridized carbons (Fsp3) is 1.00. The largest absolute Gasteiger partial charge is 0.385 e. The molecule has 0 bridgehead atoms. The zero-order chi connectivity index (χ0) is 12.2. The van der Waals surface area contributed by atoms with Crippen molar-refractivity contribution in [3.8, 4) is 0 Å². The van der Waals surface area contributed by atoms with E-state index in [1.807, 2.05) is 0 Å². The van der Waals surface area contributed by atoms with Gasteiger partial charge in [-0.05, 0) is 38.1 Å². The highest BCUT2D eigenvalue weighted by molar-refractivity contribution is 4.68. The smallest absolute Gasteiger partial charge is 0.0462 e. The van der Waals surface area contributed by atoms with Crippen LogP contribution in [0, 0.1) is 5.92 Å². The van der Waals surface area contributed by atoms with Gasteiger partial charge in [0.25, 0.3) is 0 Å². The monoisotopic (exact) mass is 229 g/mol. The van der Waals surface area contributed by atoms with E-state index in [1.54, 1.807) is 7.11 Å². The first-order valence-electron chi connectivity index (χ1n) is 6.93. The lowest BCUT2D eigenvalue weighted by Gasteiger charge is -2.20. The van der Waals surface area contributed by atoms with Gasteiger partial charge in [0.1, 0.15) is 0 Å². The standard InChI is InChI=1S/C14H31NO/c1-5-10-15-14(12-13(2)3)9-7-6-8-11-16-4/h13-15H,5-12H2,1-4H3. The summed E-state index contributed by atoms with van der Waals surface area (Å²) in [6.07, 6.45) is 7.71. The summed E-state index contributed by atoms with van der Waals surface area (Å²) in [5.41, 5.74) is 0. The molecule has 0 rings (SSSR count). The normalized spacial score (nSPS) is 13.3. The molecule has 2 nitrogen and oxygen atoms in total. The first kappa shape index (κ1) is 15.9. The van der Waals surface area contributed by atoms with E-state index in [2.05, 4.69) is 26.1 Å². The van der Waals surface area contributed by atoms with E-state index in [4.69, 9.17) is 4.74 Å². The molecule has 0 aromatic rings. The molecule has 0 aliphatic carbocycles. The van der Waals surface area contributed by atoms with Gasteiger partial charge in [0.05, 0.1) is 0 Å². The third-order valence-corrected chi connectivity index (χ3v) is 2.84. The van der Waals surface area contributed by atoms with Crippen LogP contribution in [0.3, 0.4) is 0 Å². The first-order chi connectivity index (χ1) is 7.70. The second-order valence-corrected chi connectivity index (χ2v) is 5.12. The summed E-state index contributed by atoms with van der Waals surface area (Å²) in [6.45, 7) is 8.93. The van der Waals surface area contributed by atoms with Crippen LogP contribution >= 0.6 is 0 Å². The molecule has 0 aliphatic rings. The van der Waals surface area contributed by atoms with Crippen molar-refractivity contribution in [2.24, 2.45) is 5.92 Å². The van der Waals surface area contributed by atoms with Crippen LogP contribution in [-0.4, -0.2) is 26.3 Å². The number of ether oxygens (including phenoxy) is 1. The summed E-state index contributed by atoms with van der Waals surface area (Å²) in [6, 6.07) is 0.725. The van der Waals surface area contributed by atoms with E-state index in [0.29, 0.717) is 0 Å². The Morgan fingerprint density at radius 2 is 1.88 bits per heavy atom. The molecule has 0 fully saturated rings. The summed E-state index contributed by atoms with van der Waals surface area (Å²) in [7, 11) is 1.78. The van der Waals surface area contributed by atoms with Crippen molar-refractivity contribution in [1.29, 1.82) is 0 Å². The van der Waals surface area contributed by atoms with Gasteiger partial charge in [0, 0.05) is 19.8 Å². The Hall–Kier alpha value is -0.0800. The maximum atomic E-state index is 5.06. The SMILES string of the molecule is CCCNC(CCCCCOC)CC(C)C. The van der Waals surface area contributed by atoms with Gasteiger partial charge in [0.2, 0.25) is 0 Å². The van der Waals surface area contributed by atoms with Gasteiger partial charge in [0.15, 0.2) is 0 Å². The second kappa shape index (κ2) is 11.4. The zero-order valence-corrected chi connectivity index (χ0v) is 11.7. The summed E-state index contributed by atoms with van der Waals surface area (Å²) in [5, 5.41) is 3.66. The molecule has 1 unspecified atom stereocenters. The Morgan fingerprint density at radius 1 is 1.12 bits per heavy atom. The minimum Gasteiger partial charge on any atom is -0.385 e. The third kappa shape index (κ3) is 10.4. The topological polar surface area (TPSA) is 21.3 Å². The first-order valence-corrected chi connectivity index (χ1v) is 6.93. The number of hydrogen-bond donors (Lipinski definition) is 1. The van der Waals surface area contributed by atoms with Crippen LogP contribution in [0.1, 0.15) is 59.3 Å². The molecule has 0 heterocycles. The molecular weight excluding hydrogens is 198 g/mol. The second-order valence-electron chi connectivity index (χ2n) is 5.12. The number of nitrogens with one attached hydrogen (secondary N) is 1. The molecular formula is C14H31NO. The molecule has 1 N–H and O–H groups in total. The Morgan fingerprint density at radius 3 is 2.44 bits per heavy atom. The van der Waals surface area contributed by atoms with Crippen LogP contribution in [0.25, 0.3) is 0 Å². The van der Waals surface area contributed by atoms with Crippen LogP contribution in [0.2, 0.25) is 0 Å². The van der Waals surface area contributed by atoms with Gasteiger partial charge >= 0.3 is 0 Å². The Bertz CT molecular complexity index is 137. The average molecular weight is 229 g/mol. The van der Waals surface area contributed by atoms with Gasteiger partial charge in [-0.25, -0.2) is 0 Å². The number of methoxy groups -OCH3 is 1. The highest BCUT2D eigenvalue weighted by Crippen LogP contribution is 2.12. The zero-order valence-electron chi connectivity index (χ0n) is 11.7. The minimum atomic E-state index is 0.725. The van der Waals surface area contributed by atoms with Gasteiger partial charge in [-0.15, -0.1) is 0 Å². The Labute approximate surface area is 102 Å². The van der Waals surface area contributed by atoms with Gasteiger partial charge in [-0.1, -0.05) is 33.6 Å². The molecule has 0 radical (unpaired) electrons. The molecule has 0 saturated heterocycles. The molecule has 0 spiro atoms. The molecule has 98 valence electrons. The third-order valence-electron chi connectivity index (χ3n) is 2.84. The molecule has 0 aromatic heterocycles. The summed E-state index contributed by atoms with van der Waals surface area (Å²) in [5.74, 6) is 0.799. The lowest BCUT2D eigenvalue weighted by molar-refractivity contribution is 0.191. The number of unbranched alkanes of at least 4 members (excludes halogenated alkanes) is 2. The van der Waals surface area contributed by atoms with Crippen molar-refractivity contribution >= 4 is 0 Å². The highest BCUT2D eigenvalue weighted by atomic mass is 16.5. The molecule has 0 aromatic carbocycles. The molecule has 2 heteroatoms. The number of hydrogen-bond acceptors (Lipinski definition) is 2. The molecule has 0 amide bonds. The Balaban J connectivity index is 3.56. The summed E-state index contributed by atoms with van der Waals surface area (Å²) >= 11 is 0. The quantitative estimate of drug-likeness (QED) is 0.547. The maximum Gasteiger partial charge on any atom is 0.0462 e. The molecule has 0 saturated carbocycles. The fourth-order valence-corrected chi connectivity index (χ4v) is 2.03. The Kier molecular flexibility index (Phi) is 11.3. The van der Waals surface area contributed by atoms with E-state index < -0.39 is 0 Å². The van der Waals surface area contributed by atoms with E-state index in [-0.39, 0.29) is 0 Å². The maximum absolute atomic E-state index is 5.06. The van der Waals surface area contributed by atoms with Crippen LogP contribution in [0.4, 0.5) is 0 Å². The van der Waals surface area contributed by atoms with Crippen LogP contribution < -0.4 is 5.32 Å². The van der Waals surface area contributed by atoms with E-state index in [0.717, 1.165) is 25.1 Å². The van der Waals surface area contributed by atoms with E-state index in [9.17, 15) is 0 Å².